The fourth-order valence-electron chi connectivity index (χ4n) is 4.90. The molecule has 186 valence electrons. The zero-order valence-corrected chi connectivity index (χ0v) is 21.4. The van der Waals surface area contributed by atoms with E-state index in [2.05, 4.69) is 40.2 Å². The van der Waals surface area contributed by atoms with Crippen LogP contribution >= 0.6 is 12.2 Å². The number of aromatic nitrogens is 1. The number of carbonyl (C=O) groups is 2. The second-order valence-electron chi connectivity index (χ2n) is 9.04. The molecule has 6 nitrogen and oxygen atoms in total. The molecule has 1 saturated heterocycles. The molecule has 1 aliphatic rings. The largest absolute Gasteiger partial charge is 0.495 e. The standard InChI is InChI=1S/C31H23N3O3S/c1-37-28-13-7-6-12-27(28)34-30(36)25(29(35)32-31(34)38)17-23-19-33(26-11-5-4-10-24(23)26)18-20-14-15-21-8-2-3-9-22(21)16-20/h2-17,19H,18H2,1H3,(H,32,35,38)/b25-17+. The van der Waals surface area contributed by atoms with E-state index in [9.17, 15) is 9.59 Å². The van der Waals surface area contributed by atoms with Gasteiger partial charge < -0.3 is 9.30 Å². The Kier molecular flexibility index (Phi) is 5.98. The van der Waals surface area contributed by atoms with E-state index in [1.807, 2.05) is 42.6 Å². The van der Waals surface area contributed by atoms with E-state index in [4.69, 9.17) is 17.0 Å². The molecule has 38 heavy (non-hydrogen) atoms. The maximum atomic E-state index is 13.6. The summed E-state index contributed by atoms with van der Waals surface area (Å²) in [6.45, 7) is 0.645. The van der Waals surface area contributed by atoms with Gasteiger partial charge in [-0.25, -0.2) is 4.90 Å². The zero-order valence-electron chi connectivity index (χ0n) is 20.5. The molecule has 0 unspecified atom stereocenters. The lowest BCUT2D eigenvalue weighted by Crippen LogP contribution is -2.54. The molecule has 0 radical (unpaired) electrons. The summed E-state index contributed by atoms with van der Waals surface area (Å²) in [5, 5.41) is 5.99. The lowest BCUT2D eigenvalue weighted by molar-refractivity contribution is -0.122. The van der Waals surface area contributed by atoms with Crippen LogP contribution in [0.4, 0.5) is 5.69 Å². The summed E-state index contributed by atoms with van der Waals surface area (Å²) in [6.07, 6.45) is 3.62. The van der Waals surface area contributed by atoms with Crippen molar-refractivity contribution in [3.8, 4) is 5.75 Å². The number of amides is 2. The summed E-state index contributed by atoms with van der Waals surface area (Å²) < 4.78 is 7.57. The highest BCUT2D eigenvalue weighted by Crippen LogP contribution is 2.32. The maximum absolute atomic E-state index is 13.6. The Morgan fingerprint density at radius 2 is 1.63 bits per heavy atom. The molecule has 1 N–H and O–H groups in total. The average molecular weight is 518 g/mol. The second kappa shape index (κ2) is 9.61. The minimum absolute atomic E-state index is 0.00175. The molecular weight excluding hydrogens is 494 g/mol. The van der Waals surface area contributed by atoms with E-state index >= 15 is 0 Å². The Bertz CT molecular complexity index is 1790. The number of nitrogens with one attached hydrogen (secondary N) is 1. The van der Waals surface area contributed by atoms with Gasteiger partial charge >= 0.3 is 0 Å². The van der Waals surface area contributed by atoms with Gasteiger partial charge in [0.15, 0.2) is 5.11 Å². The Morgan fingerprint density at radius 3 is 2.47 bits per heavy atom. The molecule has 1 fully saturated rings. The molecule has 2 amide bonds. The summed E-state index contributed by atoms with van der Waals surface area (Å²) in [5.74, 6) is -0.558. The molecule has 0 atom stereocenters. The average Bonchev–Trinajstić information content (AvgIpc) is 3.28. The van der Waals surface area contributed by atoms with Crippen molar-refractivity contribution in [2.75, 3.05) is 12.0 Å². The van der Waals surface area contributed by atoms with Gasteiger partial charge in [-0.1, -0.05) is 66.7 Å². The first kappa shape index (κ1) is 23.6. The number of methoxy groups -OCH3 is 1. The van der Waals surface area contributed by atoms with E-state index in [-0.39, 0.29) is 10.7 Å². The Hall–Kier alpha value is -4.75. The van der Waals surface area contributed by atoms with Crippen LogP contribution in [-0.2, 0) is 16.1 Å². The highest BCUT2D eigenvalue weighted by Gasteiger charge is 2.36. The Morgan fingerprint density at radius 1 is 0.895 bits per heavy atom. The number of anilines is 1. The predicted molar refractivity (Wildman–Crippen MR) is 154 cm³/mol. The van der Waals surface area contributed by atoms with Crippen LogP contribution in [0.3, 0.4) is 0 Å². The first-order valence-electron chi connectivity index (χ1n) is 12.1. The Labute approximate surface area is 224 Å². The molecule has 6 rings (SSSR count). The first-order chi connectivity index (χ1) is 18.5. The molecule has 2 heterocycles. The fourth-order valence-corrected chi connectivity index (χ4v) is 5.18. The van der Waals surface area contributed by atoms with Gasteiger partial charge in [0.1, 0.15) is 11.3 Å². The normalized spacial score (nSPS) is 14.9. The number of ether oxygens (including phenoxy) is 1. The van der Waals surface area contributed by atoms with E-state index in [1.165, 1.54) is 22.8 Å². The van der Waals surface area contributed by atoms with Gasteiger partial charge in [-0.15, -0.1) is 0 Å². The monoisotopic (exact) mass is 517 g/mol. The van der Waals surface area contributed by atoms with Crippen LogP contribution in [0.5, 0.6) is 5.75 Å². The third kappa shape index (κ3) is 4.13. The van der Waals surface area contributed by atoms with Crippen molar-refractivity contribution in [2.24, 2.45) is 0 Å². The molecule has 0 spiro atoms. The lowest BCUT2D eigenvalue weighted by Gasteiger charge is -2.29. The van der Waals surface area contributed by atoms with Gasteiger partial charge in [0.05, 0.1) is 12.8 Å². The van der Waals surface area contributed by atoms with Crippen molar-refractivity contribution in [1.29, 1.82) is 0 Å². The van der Waals surface area contributed by atoms with Crippen LogP contribution in [0.2, 0.25) is 0 Å². The minimum Gasteiger partial charge on any atom is -0.495 e. The third-order valence-electron chi connectivity index (χ3n) is 6.71. The summed E-state index contributed by atoms with van der Waals surface area (Å²) in [6, 6.07) is 29.7. The number of carbonyl (C=O) groups excluding carboxylic acids is 2. The predicted octanol–water partition coefficient (Wildman–Crippen LogP) is 5.68. The van der Waals surface area contributed by atoms with Crippen LogP contribution in [0.25, 0.3) is 27.8 Å². The van der Waals surface area contributed by atoms with Crippen molar-refractivity contribution in [1.82, 2.24) is 9.88 Å². The molecule has 1 aliphatic heterocycles. The molecule has 0 bridgehead atoms. The van der Waals surface area contributed by atoms with Gasteiger partial charge in [0, 0.05) is 29.2 Å². The summed E-state index contributed by atoms with van der Waals surface area (Å²) in [5.41, 5.74) is 3.40. The number of hydrogen-bond donors (Lipinski definition) is 1. The number of fused-ring (bicyclic) bond motifs is 2. The molecular formula is C31H23N3O3S. The highest BCUT2D eigenvalue weighted by molar-refractivity contribution is 7.80. The molecule has 4 aromatic carbocycles. The van der Waals surface area contributed by atoms with E-state index in [0.717, 1.165) is 22.0 Å². The summed E-state index contributed by atoms with van der Waals surface area (Å²) in [4.78, 5) is 27.9. The van der Waals surface area contributed by atoms with Gasteiger partial charge in [-0.2, -0.15) is 0 Å². The number of hydrogen-bond acceptors (Lipinski definition) is 4. The number of nitrogens with zero attached hydrogens (tertiary/aromatic N) is 2. The van der Waals surface area contributed by atoms with Gasteiger partial charge in [-0.3, -0.25) is 14.9 Å². The molecule has 0 aliphatic carbocycles. The van der Waals surface area contributed by atoms with Crippen LogP contribution in [0.15, 0.2) is 103 Å². The number of benzene rings is 4. The molecule has 7 heteroatoms. The molecule has 1 aromatic heterocycles. The van der Waals surface area contributed by atoms with Crippen molar-refractivity contribution in [2.45, 2.75) is 6.54 Å². The summed E-state index contributed by atoms with van der Waals surface area (Å²) in [7, 11) is 1.52. The van der Waals surface area contributed by atoms with Crippen LogP contribution in [0, 0.1) is 0 Å². The second-order valence-corrected chi connectivity index (χ2v) is 9.43. The van der Waals surface area contributed by atoms with Crippen LogP contribution in [0.1, 0.15) is 11.1 Å². The fraction of sp³-hybridized carbons (Fsp3) is 0.0645. The van der Waals surface area contributed by atoms with Crippen LogP contribution in [-0.4, -0.2) is 28.6 Å². The van der Waals surface area contributed by atoms with Gasteiger partial charge in [-0.05, 0) is 58.9 Å². The first-order valence-corrected chi connectivity index (χ1v) is 12.5. The smallest absolute Gasteiger partial charge is 0.270 e. The van der Waals surface area contributed by atoms with Crippen LogP contribution < -0.4 is 15.0 Å². The molecule has 5 aromatic rings. The number of rotatable bonds is 5. The van der Waals surface area contributed by atoms with Gasteiger partial charge in [0.2, 0.25) is 0 Å². The van der Waals surface area contributed by atoms with E-state index in [1.54, 1.807) is 30.3 Å². The number of para-hydroxylation sites is 3. The lowest BCUT2D eigenvalue weighted by atomic mass is 10.1. The molecule has 0 saturated carbocycles. The number of thiocarbonyl (C=S) groups is 1. The topological polar surface area (TPSA) is 63.6 Å². The van der Waals surface area contributed by atoms with E-state index in [0.29, 0.717) is 18.0 Å². The SMILES string of the molecule is COc1ccccc1N1C(=O)/C(=C/c2cn(Cc3ccc4ccccc4c3)c3ccccc23)C(=O)NC1=S. The maximum Gasteiger partial charge on any atom is 0.270 e. The van der Waals surface area contributed by atoms with Gasteiger partial charge in [0.25, 0.3) is 11.8 Å². The highest BCUT2D eigenvalue weighted by atomic mass is 32.1. The van der Waals surface area contributed by atoms with Crippen molar-refractivity contribution >= 4 is 62.6 Å². The van der Waals surface area contributed by atoms with Crippen molar-refractivity contribution < 1.29 is 14.3 Å². The van der Waals surface area contributed by atoms with Crippen molar-refractivity contribution in [3.63, 3.8) is 0 Å². The zero-order chi connectivity index (χ0) is 26.2. The summed E-state index contributed by atoms with van der Waals surface area (Å²) >= 11 is 5.36. The minimum atomic E-state index is -0.530. The van der Waals surface area contributed by atoms with Crippen molar-refractivity contribution in [3.05, 3.63) is 114 Å². The Balaban J connectivity index is 1.41. The quantitative estimate of drug-likeness (QED) is 0.185. The third-order valence-corrected chi connectivity index (χ3v) is 7.00. The van der Waals surface area contributed by atoms with E-state index < -0.39 is 11.8 Å².